The molecule has 2 rings (SSSR count). The number of rotatable bonds is 5. The summed E-state index contributed by atoms with van der Waals surface area (Å²) in [5.41, 5.74) is 8.25. The fourth-order valence-electron chi connectivity index (χ4n) is 1.85. The molecule has 4 heteroatoms. The summed E-state index contributed by atoms with van der Waals surface area (Å²) in [6, 6.07) is 13.1. The van der Waals surface area contributed by atoms with Crippen LogP contribution in [0.2, 0.25) is 0 Å². The summed E-state index contributed by atoms with van der Waals surface area (Å²) >= 11 is 0. The van der Waals surface area contributed by atoms with Crippen molar-refractivity contribution < 1.29 is 4.79 Å². The van der Waals surface area contributed by atoms with Gasteiger partial charge < -0.3 is 5.73 Å². The van der Waals surface area contributed by atoms with Gasteiger partial charge in [0.15, 0.2) is 0 Å². The normalized spacial score (nSPS) is 12.1. The molecule has 3 N–H and O–H groups in total. The maximum absolute atomic E-state index is 11.5. The highest BCUT2D eigenvalue weighted by Gasteiger charge is 2.17. The molecule has 0 bridgehead atoms. The minimum absolute atomic E-state index is 0.401. The van der Waals surface area contributed by atoms with E-state index in [1.54, 1.807) is 6.20 Å². The number of benzene rings is 1. The number of pyridine rings is 1. The predicted octanol–water partition coefficient (Wildman–Crippen LogP) is 1.71. The minimum atomic E-state index is -0.520. The highest BCUT2D eigenvalue weighted by atomic mass is 16.1. The Morgan fingerprint density at radius 1 is 1.26 bits per heavy atom. The van der Waals surface area contributed by atoms with Crippen molar-refractivity contribution in [1.82, 2.24) is 10.3 Å². The van der Waals surface area contributed by atoms with Crippen LogP contribution < -0.4 is 11.1 Å². The predicted molar refractivity (Wildman–Crippen MR) is 74.2 cm³/mol. The quantitative estimate of drug-likeness (QED) is 0.854. The standard InChI is InChI=1S/C15H17N3O/c1-11-7-8-13(10-17-11)14(15(16)19)18-9-12-5-3-2-4-6-12/h2-8,10,14,18H,9H2,1H3,(H2,16,19). The molecule has 0 radical (unpaired) electrons. The van der Waals surface area contributed by atoms with Gasteiger partial charge in [0.2, 0.25) is 5.91 Å². The van der Waals surface area contributed by atoms with Gasteiger partial charge in [-0.2, -0.15) is 0 Å². The summed E-state index contributed by atoms with van der Waals surface area (Å²) in [5.74, 6) is -0.401. The number of primary amides is 1. The number of nitrogens with zero attached hydrogens (tertiary/aromatic N) is 1. The van der Waals surface area contributed by atoms with Gasteiger partial charge >= 0.3 is 0 Å². The van der Waals surface area contributed by atoms with Crippen LogP contribution in [0.3, 0.4) is 0 Å². The Balaban J connectivity index is 2.09. The molecule has 0 fully saturated rings. The molecule has 0 aliphatic heterocycles. The van der Waals surface area contributed by atoms with E-state index in [9.17, 15) is 4.79 Å². The molecule has 1 unspecified atom stereocenters. The van der Waals surface area contributed by atoms with Gasteiger partial charge in [0.25, 0.3) is 0 Å². The summed E-state index contributed by atoms with van der Waals surface area (Å²) in [6.07, 6.45) is 1.68. The fourth-order valence-corrected chi connectivity index (χ4v) is 1.85. The van der Waals surface area contributed by atoms with Crippen molar-refractivity contribution in [3.63, 3.8) is 0 Å². The van der Waals surface area contributed by atoms with Gasteiger partial charge in [0, 0.05) is 18.4 Å². The molecule has 98 valence electrons. The molecule has 1 atom stereocenters. The van der Waals surface area contributed by atoms with Crippen LogP contribution in [0.1, 0.15) is 22.9 Å². The monoisotopic (exact) mass is 255 g/mol. The number of aryl methyl sites for hydroxylation is 1. The molecular formula is C15H17N3O. The third-order valence-electron chi connectivity index (χ3n) is 2.91. The molecule has 19 heavy (non-hydrogen) atoms. The van der Waals surface area contributed by atoms with Gasteiger partial charge in [-0.1, -0.05) is 36.4 Å². The number of carbonyl (C=O) groups is 1. The molecule has 0 aliphatic carbocycles. The van der Waals surface area contributed by atoms with Crippen LogP contribution in [0, 0.1) is 6.92 Å². The van der Waals surface area contributed by atoms with E-state index in [4.69, 9.17) is 5.73 Å². The fraction of sp³-hybridized carbons (Fsp3) is 0.200. The molecule has 0 saturated carbocycles. The van der Waals surface area contributed by atoms with Gasteiger partial charge in [-0.3, -0.25) is 15.1 Å². The number of nitrogens with two attached hydrogens (primary N) is 1. The van der Waals surface area contributed by atoms with Crippen LogP contribution in [-0.4, -0.2) is 10.9 Å². The first-order chi connectivity index (χ1) is 9.16. The smallest absolute Gasteiger partial charge is 0.239 e. The van der Waals surface area contributed by atoms with Gasteiger partial charge in [0.1, 0.15) is 6.04 Å². The van der Waals surface area contributed by atoms with Crippen LogP contribution in [0.5, 0.6) is 0 Å². The Bertz CT molecular complexity index is 537. The summed E-state index contributed by atoms with van der Waals surface area (Å²) in [7, 11) is 0. The Morgan fingerprint density at radius 3 is 2.58 bits per heavy atom. The maximum Gasteiger partial charge on any atom is 0.239 e. The second-order valence-corrected chi connectivity index (χ2v) is 4.43. The topological polar surface area (TPSA) is 68.0 Å². The number of hydrogen-bond donors (Lipinski definition) is 2. The zero-order valence-electron chi connectivity index (χ0n) is 10.8. The Hall–Kier alpha value is -2.20. The third kappa shape index (κ3) is 3.63. The summed E-state index contributed by atoms with van der Waals surface area (Å²) in [5, 5.41) is 3.16. The molecule has 1 aromatic heterocycles. The van der Waals surface area contributed by atoms with E-state index in [0.717, 1.165) is 16.8 Å². The molecule has 1 amide bonds. The molecule has 0 aliphatic rings. The SMILES string of the molecule is Cc1ccc(C(NCc2ccccc2)C(N)=O)cn1. The van der Waals surface area contributed by atoms with Crippen molar-refractivity contribution in [2.24, 2.45) is 5.73 Å². The highest BCUT2D eigenvalue weighted by Crippen LogP contribution is 2.12. The van der Waals surface area contributed by atoms with Gasteiger partial charge in [0.05, 0.1) is 0 Å². The second kappa shape index (κ2) is 6.11. The number of aromatic nitrogens is 1. The minimum Gasteiger partial charge on any atom is -0.368 e. The average Bonchev–Trinajstić information content (AvgIpc) is 2.42. The lowest BCUT2D eigenvalue weighted by Crippen LogP contribution is -2.33. The van der Waals surface area contributed by atoms with Crippen molar-refractivity contribution in [3.8, 4) is 0 Å². The lowest BCUT2D eigenvalue weighted by molar-refractivity contribution is -0.120. The van der Waals surface area contributed by atoms with E-state index < -0.39 is 11.9 Å². The first-order valence-electron chi connectivity index (χ1n) is 6.16. The van der Waals surface area contributed by atoms with Crippen molar-refractivity contribution in [2.75, 3.05) is 0 Å². The summed E-state index contributed by atoms with van der Waals surface area (Å²) in [6.45, 7) is 2.49. The molecular weight excluding hydrogens is 238 g/mol. The number of amides is 1. The maximum atomic E-state index is 11.5. The average molecular weight is 255 g/mol. The van der Waals surface area contributed by atoms with Crippen molar-refractivity contribution in [2.45, 2.75) is 19.5 Å². The zero-order valence-corrected chi connectivity index (χ0v) is 10.8. The van der Waals surface area contributed by atoms with E-state index >= 15 is 0 Å². The molecule has 2 aromatic rings. The molecule has 1 aromatic carbocycles. The van der Waals surface area contributed by atoms with Gasteiger partial charge in [-0.25, -0.2) is 0 Å². The number of nitrogens with one attached hydrogen (secondary N) is 1. The molecule has 1 heterocycles. The van der Waals surface area contributed by atoms with E-state index in [1.807, 2.05) is 49.4 Å². The van der Waals surface area contributed by atoms with Crippen molar-refractivity contribution >= 4 is 5.91 Å². The lowest BCUT2D eigenvalue weighted by Gasteiger charge is -2.15. The Labute approximate surface area is 112 Å². The summed E-state index contributed by atoms with van der Waals surface area (Å²) in [4.78, 5) is 15.7. The molecule has 4 nitrogen and oxygen atoms in total. The van der Waals surface area contributed by atoms with Crippen LogP contribution in [0.15, 0.2) is 48.7 Å². The lowest BCUT2D eigenvalue weighted by atomic mass is 10.1. The third-order valence-corrected chi connectivity index (χ3v) is 2.91. The van der Waals surface area contributed by atoms with Crippen LogP contribution in [0.4, 0.5) is 0 Å². The van der Waals surface area contributed by atoms with E-state index in [2.05, 4.69) is 10.3 Å². The van der Waals surface area contributed by atoms with Crippen LogP contribution >= 0.6 is 0 Å². The first kappa shape index (κ1) is 13.2. The highest BCUT2D eigenvalue weighted by molar-refractivity contribution is 5.81. The Morgan fingerprint density at radius 2 is 2.00 bits per heavy atom. The van der Waals surface area contributed by atoms with Crippen molar-refractivity contribution in [3.05, 3.63) is 65.5 Å². The van der Waals surface area contributed by atoms with Gasteiger partial charge in [-0.05, 0) is 24.1 Å². The van der Waals surface area contributed by atoms with Gasteiger partial charge in [-0.15, -0.1) is 0 Å². The second-order valence-electron chi connectivity index (χ2n) is 4.43. The number of carbonyl (C=O) groups excluding carboxylic acids is 1. The first-order valence-corrected chi connectivity index (χ1v) is 6.16. The summed E-state index contributed by atoms with van der Waals surface area (Å²) < 4.78 is 0. The molecule has 0 spiro atoms. The van der Waals surface area contributed by atoms with Crippen LogP contribution in [0.25, 0.3) is 0 Å². The number of hydrogen-bond acceptors (Lipinski definition) is 3. The molecule has 0 saturated heterocycles. The largest absolute Gasteiger partial charge is 0.368 e. The van der Waals surface area contributed by atoms with Crippen LogP contribution in [-0.2, 0) is 11.3 Å². The van der Waals surface area contributed by atoms with E-state index in [1.165, 1.54) is 0 Å². The van der Waals surface area contributed by atoms with Crippen molar-refractivity contribution in [1.29, 1.82) is 0 Å². The zero-order chi connectivity index (χ0) is 13.7. The van der Waals surface area contributed by atoms with E-state index in [0.29, 0.717) is 6.54 Å². The van der Waals surface area contributed by atoms with E-state index in [-0.39, 0.29) is 0 Å². The Kier molecular flexibility index (Phi) is 4.26.